The first-order chi connectivity index (χ1) is 11.1. The van der Waals surface area contributed by atoms with Crippen LogP contribution in [0.3, 0.4) is 0 Å². The van der Waals surface area contributed by atoms with Gasteiger partial charge < -0.3 is 19.5 Å². The van der Waals surface area contributed by atoms with Crippen LogP contribution in [0.2, 0.25) is 5.02 Å². The van der Waals surface area contributed by atoms with Gasteiger partial charge in [0.15, 0.2) is 17.6 Å². The second-order valence-corrected chi connectivity index (χ2v) is 5.56. The van der Waals surface area contributed by atoms with E-state index in [0.29, 0.717) is 34.4 Å². The molecule has 1 aliphatic heterocycles. The predicted octanol–water partition coefficient (Wildman–Crippen LogP) is 3.30. The van der Waals surface area contributed by atoms with E-state index >= 15 is 0 Å². The molecule has 1 aliphatic rings. The number of methoxy groups -OCH3 is 2. The summed E-state index contributed by atoms with van der Waals surface area (Å²) in [6, 6.07) is 10.5. The second-order valence-electron chi connectivity index (χ2n) is 5.12. The molecule has 1 atom stereocenters. The molecule has 2 aromatic carbocycles. The maximum atomic E-state index is 12.4. The molecule has 1 amide bonds. The van der Waals surface area contributed by atoms with E-state index in [4.69, 9.17) is 25.8 Å². The van der Waals surface area contributed by atoms with Gasteiger partial charge in [0.25, 0.3) is 5.91 Å². The summed E-state index contributed by atoms with van der Waals surface area (Å²) in [5.41, 5.74) is 1.55. The molecule has 1 N–H and O–H groups in total. The summed E-state index contributed by atoms with van der Waals surface area (Å²) in [6.07, 6.45) is -0.0776. The first-order valence-electron chi connectivity index (χ1n) is 7.08. The normalized spacial score (nSPS) is 15.5. The lowest BCUT2D eigenvalue weighted by Gasteiger charge is -2.13. The Morgan fingerprint density at radius 2 is 1.96 bits per heavy atom. The highest BCUT2D eigenvalue weighted by Crippen LogP contribution is 2.33. The van der Waals surface area contributed by atoms with Crippen molar-refractivity contribution >= 4 is 23.2 Å². The number of halogens is 1. The van der Waals surface area contributed by atoms with Gasteiger partial charge in [0.1, 0.15) is 5.75 Å². The van der Waals surface area contributed by atoms with E-state index in [-0.39, 0.29) is 5.91 Å². The van der Waals surface area contributed by atoms with Crippen LogP contribution in [0, 0.1) is 0 Å². The summed E-state index contributed by atoms with van der Waals surface area (Å²) in [7, 11) is 3.11. The lowest BCUT2D eigenvalue weighted by atomic mass is 10.1. The molecule has 1 heterocycles. The predicted molar refractivity (Wildman–Crippen MR) is 87.7 cm³/mol. The minimum atomic E-state index is -0.573. The van der Waals surface area contributed by atoms with Gasteiger partial charge in [-0.05, 0) is 35.9 Å². The number of amides is 1. The average molecular weight is 334 g/mol. The summed E-state index contributed by atoms with van der Waals surface area (Å²) in [5, 5.41) is 3.46. The van der Waals surface area contributed by atoms with Crippen molar-refractivity contribution in [3.8, 4) is 17.2 Å². The zero-order chi connectivity index (χ0) is 16.4. The third kappa shape index (κ3) is 3.19. The molecular weight excluding hydrogens is 318 g/mol. The van der Waals surface area contributed by atoms with Crippen molar-refractivity contribution in [2.45, 2.75) is 12.5 Å². The van der Waals surface area contributed by atoms with Gasteiger partial charge in [-0.15, -0.1) is 0 Å². The first kappa shape index (κ1) is 15.5. The highest BCUT2D eigenvalue weighted by Gasteiger charge is 2.29. The minimum absolute atomic E-state index is 0.218. The van der Waals surface area contributed by atoms with Crippen molar-refractivity contribution < 1.29 is 19.0 Å². The molecule has 0 fully saturated rings. The van der Waals surface area contributed by atoms with Crippen LogP contribution in [0.4, 0.5) is 5.69 Å². The molecule has 2 aromatic rings. The SMILES string of the molecule is COc1ccc(NC(=O)C2Cc3cc(Cl)ccc3O2)cc1OC. The van der Waals surface area contributed by atoms with E-state index in [9.17, 15) is 4.79 Å². The fourth-order valence-corrected chi connectivity index (χ4v) is 2.69. The largest absolute Gasteiger partial charge is 0.493 e. The first-order valence-corrected chi connectivity index (χ1v) is 7.46. The molecule has 0 aliphatic carbocycles. The maximum Gasteiger partial charge on any atom is 0.265 e. The van der Waals surface area contributed by atoms with Crippen LogP contribution >= 0.6 is 11.6 Å². The van der Waals surface area contributed by atoms with Gasteiger partial charge in [0.05, 0.1) is 14.2 Å². The zero-order valence-corrected chi connectivity index (χ0v) is 13.5. The fourth-order valence-electron chi connectivity index (χ4n) is 2.50. The Kier molecular flexibility index (Phi) is 4.30. The molecule has 3 rings (SSSR count). The minimum Gasteiger partial charge on any atom is -0.493 e. The van der Waals surface area contributed by atoms with Crippen LogP contribution < -0.4 is 19.5 Å². The van der Waals surface area contributed by atoms with E-state index in [0.717, 1.165) is 5.56 Å². The fraction of sp³-hybridized carbons (Fsp3) is 0.235. The molecule has 120 valence electrons. The molecule has 0 spiro atoms. The van der Waals surface area contributed by atoms with E-state index in [1.54, 1.807) is 44.6 Å². The lowest BCUT2D eigenvalue weighted by molar-refractivity contribution is -0.122. The third-order valence-corrected chi connectivity index (χ3v) is 3.88. The zero-order valence-electron chi connectivity index (χ0n) is 12.8. The standard InChI is InChI=1S/C17H16ClNO4/c1-21-14-6-4-12(9-15(14)22-2)19-17(20)16-8-10-7-11(18)3-5-13(10)23-16/h3-7,9,16H,8H2,1-2H3,(H,19,20). The Morgan fingerprint density at radius 3 is 2.70 bits per heavy atom. The van der Waals surface area contributed by atoms with Gasteiger partial charge in [-0.3, -0.25) is 4.79 Å². The lowest BCUT2D eigenvalue weighted by Crippen LogP contribution is -2.31. The van der Waals surface area contributed by atoms with Gasteiger partial charge in [-0.25, -0.2) is 0 Å². The third-order valence-electron chi connectivity index (χ3n) is 3.64. The molecule has 5 nitrogen and oxygen atoms in total. The van der Waals surface area contributed by atoms with E-state index in [1.165, 1.54) is 0 Å². The molecule has 1 unspecified atom stereocenters. The van der Waals surface area contributed by atoms with Gasteiger partial charge in [-0.2, -0.15) is 0 Å². The highest BCUT2D eigenvalue weighted by atomic mass is 35.5. The highest BCUT2D eigenvalue weighted by molar-refractivity contribution is 6.30. The van der Waals surface area contributed by atoms with Crippen molar-refractivity contribution in [2.24, 2.45) is 0 Å². The van der Waals surface area contributed by atoms with Crippen LogP contribution in [-0.2, 0) is 11.2 Å². The monoisotopic (exact) mass is 333 g/mol. The Balaban J connectivity index is 1.71. The summed E-state index contributed by atoms with van der Waals surface area (Å²) in [4.78, 5) is 12.4. The van der Waals surface area contributed by atoms with E-state index in [2.05, 4.69) is 5.32 Å². The Morgan fingerprint density at radius 1 is 1.17 bits per heavy atom. The summed E-state index contributed by atoms with van der Waals surface area (Å²) < 4.78 is 16.1. The number of carbonyl (C=O) groups is 1. The molecule has 0 saturated heterocycles. The van der Waals surface area contributed by atoms with Crippen LogP contribution in [0.1, 0.15) is 5.56 Å². The van der Waals surface area contributed by atoms with Crippen molar-refractivity contribution in [3.63, 3.8) is 0 Å². The topological polar surface area (TPSA) is 56.8 Å². The molecule has 6 heteroatoms. The molecule has 23 heavy (non-hydrogen) atoms. The van der Waals surface area contributed by atoms with Gasteiger partial charge in [0, 0.05) is 23.2 Å². The maximum absolute atomic E-state index is 12.4. The molecule has 0 aromatic heterocycles. The summed E-state index contributed by atoms with van der Waals surface area (Å²) in [6.45, 7) is 0. The van der Waals surface area contributed by atoms with Crippen LogP contribution in [0.15, 0.2) is 36.4 Å². The molecular formula is C17H16ClNO4. The van der Waals surface area contributed by atoms with Crippen LogP contribution in [-0.4, -0.2) is 26.2 Å². The number of rotatable bonds is 4. The Hall–Kier alpha value is -2.40. The van der Waals surface area contributed by atoms with E-state index in [1.807, 2.05) is 6.07 Å². The number of carbonyl (C=O) groups excluding carboxylic acids is 1. The van der Waals surface area contributed by atoms with Crippen molar-refractivity contribution in [2.75, 3.05) is 19.5 Å². The van der Waals surface area contributed by atoms with Gasteiger partial charge in [0.2, 0.25) is 0 Å². The number of hydrogen-bond donors (Lipinski definition) is 1. The van der Waals surface area contributed by atoms with Crippen LogP contribution in [0.5, 0.6) is 17.2 Å². The number of fused-ring (bicyclic) bond motifs is 1. The molecule has 0 radical (unpaired) electrons. The van der Waals surface area contributed by atoms with E-state index < -0.39 is 6.10 Å². The Bertz CT molecular complexity index is 747. The van der Waals surface area contributed by atoms with Crippen molar-refractivity contribution in [1.29, 1.82) is 0 Å². The summed E-state index contributed by atoms with van der Waals surface area (Å²) in [5.74, 6) is 1.63. The number of benzene rings is 2. The smallest absolute Gasteiger partial charge is 0.265 e. The van der Waals surface area contributed by atoms with Crippen molar-refractivity contribution in [3.05, 3.63) is 47.0 Å². The molecule has 0 saturated carbocycles. The number of anilines is 1. The van der Waals surface area contributed by atoms with Crippen LogP contribution in [0.25, 0.3) is 0 Å². The number of hydrogen-bond acceptors (Lipinski definition) is 4. The second kappa shape index (κ2) is 6.38. The summed E-state index contributed by atoms with van der Waals surface area (Å²) >= 11 is 5.96. The quantitative estimate of drug-likeness (QED) is 0.932. The van der Waals surface area contributed by atoms with Crippen molar-refractivity contribution in [1.82, 2.24) is 0 Å². The van der Waals surface area contributed by atoms with Gasteiger partial charge >= 0.3 is 0 Å². The average Bonchev–Trinajstić information content (AvgIpc) is 2.97. The molecule has 0 bridgehead atoms. The van der Waals surface area contributed by atoms with Gasteiger partial charge in [-0.1, -0.05) is 11.6 Å². The Labute approximate surface area is 139 Å². The number of nitrogens with one attached hydrogen (secondary N) is 1. The number of ether oxygens (including phenoxy) is 3.